The summed E-state index contributed by atoms with van der Waals surface area (Å²) in [4.78, 5) is 24.0. The summed E-state index contributed by atoms with van der Waals surface area (Å²) in [6.07, 6.45) is 5.45. The van der Waals surface area contributed by atoms with Crippen molar-refractivity contribution in [3.8, 4) is 11.1 Å². The molecule has 2 aromatic heterocycles. The molecular formula is C16H18N4O. The largest absolute Gasteiger partial charge is 0.353 e. The van der Waals surface area contributed by atoms with E-state index in [0.717, 1.165) is 43.1 Å². The van der Waals surface area contributed by atoms with E-state index in [2.05, 4.69) is 20.9 Å². The van der Waals surface area contributed by atoms with E-state index in [1.165, 1.54) is 0 Å². The zero-order chi connectivity index (χ0) is 14.7. The van der Waals surface area contributed by atoms with Gasteiger partial charge in [-0.05, 0) is 29.8 Å². The van der Waals surface area contributed by atoms with E-state index in [1.54, 1.807) is 19.3 Å². The second-order valence-electron chi connectivity index (χ2n) is 5.13. The van der Waals surface area contributed by atoms with Crippen molar-refractivity contribution in [2.45, 2.75) is 6.92 Å². The molecule has 0 saturated carbocycles. The average molecular weight is 282 g/mol. The maximum Gasteiger partial charge on any atom is 0.219 e. The van der Waals surface area contributed by atoms with Crippen molar-refractivity contribution >= 4 is 11.7 Å². The van der Waals surface area contributed by atoms with Gasteiger partial charge in [0.15, 0.2) is 0 Å². The number of aromatic nitrogens is 2. The van der Waals surface area contributed by atoms with E-state index in [1.807, 2.05) is 29.3 Å². The van der Waals surface area contributed by atoms with Gasteiger partial charge in [0, 0.05) is 57.3 Å². The van der Waals surface area contributed by atoms with E-state index >= 15 is 0 Å². The second-order valence-corrected chi connectivity index (χ2v) is 5.13. The van der Waals surface area contributed by atoms with Crippen LogP contribution in [0.15, 0.2) is 42.9 Å². The second kappa shape index (κ2) is 5.91. The maximum absolute atomic E-state index is 11.3. The van der Waals surface area contributed by atoms with Gasteiger partial charge in [0.2, 0.25) is 5.91 Å². The van der Waals surface area contributed by atoms with Crippen LogP contribution in [0.25, 0.3) is 11.1 Å². The summed E-state index contributed by atoms with van der Waals surface area (Å²) in [6.45, 7) is 4.83. The number of carbonyl (C=O) groups is 1. The molecule has 1 amide bonds. The predicted octanol–water partition coefficient (Wildman–Crippen LogP) is 1.81. The van der Waals surface area contributed by atoms with Crippen LogP contribution >= 0.6 is 0 Å². The number of amides is 1. The van der Waals surface area contributed by atoms with Crippen molar-refractivity contribution in [2.75, 3.05) is 31.1 Å². The first-order valence-corrected chi connectivity index (χ1v) is 7.11. The quantitative estimate of drug-likeness (QED) is 0.843. The highest BCUT2D eigenvalue weighted by Gasteiger charge is 2.19. The van der Waals surface area contributed by atoms with Crippen LogP contribution < -0.4 is 4.90 Å². The Morgan fingerprint density at radius 1 is 1.00 bits per heavy atom. The highest BCUT2D eigenvalue weighted by Crippen LogP contribution is 2.20. The molecule has 0 aromatic carbocycles. The molecule has 21 heavy (non-hydrogen) atoms. The minimum absolute atomic E-state index is 0.149. The average Bonchev–Trinajstić information content (AvgIpc) is 2.56. The fourth-order valence-electron chi connectivity index (χ4n) is 2.54. The molecule has 5 nitrogen and oxygen atoms in total. The van der Waals surface area contributed by atoms with Crippen LogP contribution in [-0.4, -0.2) is 47.0 Å². The Morgan fingerprint density at radius 2 is 1.71 bits per heavy atom. The summed E-state index contributed by atoms with van der Waals surface area (Å²) in [6, 6.07) is 8.07. The zero-order valence-corrected chi connectivity index (χ0v) is 12.1. The maximum atomic E-state index is 11.3. The molecule has 1 aliphatic rings. The van der Waals surface area contributed by atoms with Gasteiger partial charge in [-0.1, -0.05) is 0 Å². The summed E-state index contributed by atoms with van der Waals surface area (Å²) in [7, 11) is 0. The molecule has 0 aliphatic carbocycles. The highest BCUT2D eigenvalue weighted by atomic mass is 16.2. The van der Waals surface area contributed by atoms with Crippen molar-refractivity contribution in [1.82, 2.24) is 14.9 Å². The number of piperazine rings is 1. The van der Waals surface area contributed by atoms with Gasteiger partial charge in [0.25, 0.3) is 0 Å². The van der Waals surface area contributed by atoms with Gasteiger partial charge in [-0.2, -0.15) is 0 Å². The van der Waals surface area contributed by atoms with Crippen molar-refractivity contribution in [1.29, 1.82) is 0 Å². The molecule has 108 valence electrons. The Hall–Kier alpha value is -2.43. The lowest BCUT2D eigenvalue weighted by Gasteiger charge is -2.34. The molecule has 1 fully saturated rings. The van der Waals surface area contributed by atoms with Crippen LogP contribution in [0, 0.1) is 0 Å². The molecule has 0 atom stereocenters. The number of anilines is 1. The Balaban J connectivity index is 1.69. The summed E-state index contributed by atoms with van der Waals surface area (Å²) in [5, 5.41) is 0. The molecule has 0 bridgehead atoms. The summed E-state index contributed by atoms with van der Waals surface area (Å²) >= 11 is 0. The Bertz CT molecular complexity index is 604. The lowest BCUT2D eigenvalue weighted by atomic mass is 10.1. The van der Waals surface area contributed by atoms with Crippen molar-refractivity contribution < 1.29 is 4.79 Å². The predicted molar refractivity (Wildman–Crippen MR) is 81.9 cm³/mol. The molecule has 3 rings (SSSR count). The normalized spacial score (nSPS) is 15.1. The molecule has 3 heterocycles. The minimum Gasteiger partial charge on any atom is -0.353 e. The Morgan fingerprint density at radius 3 is 2.29 bits per heavy atom. The summed E-state index contributed by atoms with van der Waals surface area (Å²) in [5.74, 6) is 1.12. The van der Waals surface area contributed by atoms with Gasteiger partial charge in [0.1, 0.15) is 5.82 Å². The van der Waals surface area contributed by atoms with Crippen LogP contribution in [-0.2, 0) is 4.79 Å². The van der Waals surface area contributed by atoms with Gasteiger partial charge in [0.05, 0.1) is 0 Å². The van der Waals surface area contributed by atoms with Crippen LogP contribution in [0.1, 0.15) is 6.92 Å². The third kappa shape index (κ3) is 3.02. The van der Waals surface area contributed by atoms with Crippen LogP contribution in [0.5, 0.6) is 0 Å². The van der Waals surface area contributed by atoms with Crippen molar-refractivity contribution in [3.05, 3.63) is 42.9 Å². The number of rotatable bonds is 2. The smallest absolute Gasteiger partial charge is 0.219 e. The highest BCUT2D eigenvalue weighted by molar-refractivity contribution is 5.73. The molecule has 1 aliphatic heterocycles. The van der Waals surface area contributed by atoms with E-state index < -0.39 is 0 Å². The third-order valence-corrected chi connectivity index (χ3v) is 3.81. The molecule has 0 N–H and O–H groups in total. The lowest BCUT2D eigenvalue weighted by Crippen LogP contribution is -2.48. The number of nitrogens with zero attached hydrogens (tertiary/aromatic N) is 4. The van der Waals surface area contributed by atoms with Crippen LogP contribution in [0.4, 0.5) is 5.82 Å². The first-order chi connectivity index (χ1) is 10.2. The molecule has 5 heteroatoms. The topological polar surface area (TPSA) is 49.3 Å². The van der Waals surface area contributed by atoms with Gasteiger partial charge >= 0.3 is 0 Å². The first-order valence-electron chi connectivity index (χ1n) is 7.11. The summed E-state index contributed by atoms with van der Waals surface area (Å²) in [5.41, 5.74) is 2.20. The molecule has 0 unspecified atom stereocenters. The Kier molecular flexibility index (Phi) is 3.81. The SMILES string of the molecule is CC(=O)N1CCN(c2ccc(-c3ccncc3)cn2)CC1. The van der Waals surface area contributed by atoms with E-state index in [4.69, 9.17) is 0 Å². The van der Waals surface area contributed by atoms with Gasteiger partial charge in [-0.25, -0.2) is 4.98 Å². The van der Waals surface area contributed by atoms with E-state index in [9.17, 15) is 4.79 Å². The fraction of sp³-hybridized carbons (Fsp3) is 0.312. The number of hydrogen-bond acceptors (Lipinski definition) is 4. The van der Waals surface area contributed by atoms with E-state index in [-0.39, 0.29) is 5.91 Å². The Labute approximate surface area is 124 Å². The van der Waals surface area contributed by atoms with Gasteiger partial charge in [-0.3, -0.25) is 9.78 Å². The first kappa shape index (κ1) is 13.5. The fourth-order valence-corrected chi connectivity index (χ4v) is 2.54. The van der Waals surface area contributed by atoms with Crippen LogP contribution in [0.3, 0.4) is 0 Å². The monoisotopic (exact) mass is 282 g/mol. The standard InChI is InChI=1S/C16H18N4O/c1-13(21)19-8-10-20(11-9-19)16-3-2-15(12-18-16)14-4-6-17-7-5-14/h2-7,12H,8-11H2,1H3. The molecular weight excluding hydrogens is 264 g/mol. The minimum atomic E-state index is 0.149. The number of hydrogen-bond donors (Lipinski definition) is 0. The molecule has 2 aromatic rings. The van der Waals surface area contributed by atoms with Gasteiger partial charge in [-0.15, -0.1) is 0 Å². The molecule has 1 saturated heterocycles. The van der Waals surface area contributed by atoms with Crippen molar-refractivity contribution in [3.63, 3.8) is 0 Å². The van der Waals surface area contributed by atoms with Gasteiger partial charge < -0.3 is 9.80 Å². The number of pyridine rings is 2. The third-order valence-electron chi connectivity index (χ3n) is 3.81. The lowest BCUT2D eigenvalue weighted by molar-refractivity contribution is -0.129. The molecule has 0 radical (unpaired) electrons. The van der Waals surface area contributed by atoms with Crippen molar-refractivity contribution in [2.24, 2.45) is 0 Å². The van der Waals surface area contributed by atoms with Crippen LogP contribution in [0.2, 0.25) is 0 Å². The summed E-state index contributed by atoms with van der Waals surface area (Å²) < 4.78 is 0. The zero-order valence-electron chi connectivity index (χ0n) is 12.1. The van der Waals surface area contributed by atoms with E-state index in [0.29, 0.717) is 0 Å². The molecule has 0 spiro atoms. The number of carbonyl (C=O) groups excluding carboxylic acids is 1.